The minimum absolute atomic E-state index is 0.237. The fourth-order valence-electron chi connectivity index (χ4n) is 2.80. The second kappa shape index (κ2) is 10.1. The standard InChI is InChI=1S/C19H25BrN2O4S/c1-5-22(6-2)10-11-26-16-14(20)9-8-13-15(19(24)25-7-3)18(21-12(4)23)27-17(13)16/h8-9H,5-7,10-11H2,1-4H3,(H,21,23)/p+1. The van der Waals surface area contributed by atoms with Crippen molar-refractivity contribution >= 4 is 54.2 Å². The number of nitrogens with one attached hydrogen (secondary N) is 2. The Morgan fingerprint density at radius 3 is 2.52 bits per heavy atom. The molecular formula is C19H26BrN2O4S+. The average Bonchev–Trinajstić information content (AvgIpc) is 2.98. The minimum Gasteiger partial charge on any atom is -0.485 e. The SMILES string of the molecule is CCOC(=O)c1c(NC(C)=O)sc2c(OCC[NH+](CC)CC)c(Br)ccc12. The quantitative estimate of drug-likeness (QED) is 0.567. The van der Waals surface area contributed by atoms with Crippen LogP contribution < -0.4 is 15.0 Å². The molecular weight excluding hydrogens is 432 g/mol. The maximum Gasteiger partial charge on any atom is 0.341 e. The maximum absolute atomic E-state index is 12.5. The Hall–Kier alpha value is -1.64. The topological polar surface area (TPSA) is 69.1 Å². The maximum atomic E-state index is 12.5. The zero-order valence-corrected chi connectivity index (χ0v) is 18.5. The fraction of sp³-hybridized carbons (Fsp3) is 0.474. The highest BCUT2D eigenvalue weighted by Gasteiger charge is 2.24. The van der Waals surface area contributed by atoms with Crippen LogP contribution in [0.4, 0.5) is 5.00 Å². The summed E-state index contributed by atoms with van der Waals surface area (Å²) in [6.07, 6.45) is 0. The minimum atomic E-state index is -0.451. The third kappa shape index (κ3) is 5.21. The number of quaternary nitrogens is 1. The average molecular weight is 458 g/mol. The van der Waals surface area contributed by atoms with Gasteiger partial charge >= 0.3 is 5.97 Å². The number of anilines is 1. The summed E-state index contributed by atoms with van der Waals surface area (Å²) in [4.78, 5) is 25.5. The van der Waals surface area contributed by atoms with Gasteiger partial charge in [0.1, 0.15) is 23.7 Å². The number of halogens is 1. The number of amides is 1. The van der Waals surface area contributed by atoms with Crippen LogP contribution in [-0.2, 0) is 9.53 Å². The lowest BCUT2D eigenvalue weighted by Gasteiger charge is -2.16. The summed E-state index contributed by atoms with van der Waals surface area (Å²) in [5.41, 5.74) is 0.374. The summed E-state index contributed by atoms with van der Waals surface area (Å²) in [7, 11) is 0. The third-order valence-corrected chi connectivity index (χ3v) is 5.98. The molecule has 2 N–H and O–H groups in total. The molecule has 2 rings (SSSR count). The van der Waals surface area contributed by atoms with Crippen LogP contribution >= 0.6 is 27.3 Å². The van der Waals surface area contributed by atoms with Gasteiger partial charge in [-0.25, -0.2) is 4.79 Å². The monoisotopic (exact) mass is 457 g/mol. The Morgan fingerprint density at radius 2 is 1.93 bits per heavy atom. The van der Waals surface area contributed by atoms with Crippen molar-refractivity contribution in [2.75, 3.05) is 38.2 Å². The molecule has 148 valence electrons. The van der Waals surface area contributed by atoms with E-state index in [1.807, 2.05) is 12.1 Å². The number of ether oxygens (including phenoxy) is 2. The first kappa shape index (κ1) is 21.7. The highest BCUT2D eigenvalue weighted by molar-refractivity contribution is 9.10. The van der Waals surface area contributed by atoms with Gasteiger partial charge in [0, 0.05) is 12.3 Å². The molecule has 6 nitrogen and oxygen atoms in total. The van der Waals surface area contributed by atoms with Gasteiger partial charge in [0.15, 0.2) is 5.75 Å². The third-order valence-electron chi connectivity index (χ3n) is 4.24. The van der Waals surface area contributed by atoms with Crippen LogP contribution in [0.3, 0.4) is 0 Å². The van der Waals surface area contributed by atoms with E-state index in [0.717, 1.165) is 34.2 Å². The lowest BCUT2D eigenvalue weighted by atomic mass is 10.1. The number of fused-ring (bicyclic) bond motifs is 1. The predicted octanol–water partition coefficient (Wildman–Crippen LogP) is 3.10. The number of esters is 1. The first-order chi connectivity index (χ1) is 12.9. The Morgan fingerprint density at radius 1 is 1.22 bits per heavy atom. The molecule has 1 aromatic heterocycles. The molecule has 0 spiro atoms. The molecule has 1 amide bonds. The number of benzene rings is 1. The van der Waals surface area contributed by atoms with Gasteiger partial charge in [0.25, 0.3) is 0 Å². The Balaban J connectivity index is 2.44. The highest BCUT2D eigenvalue weighted by Crippen LogP contribution is 2.44. The number of carbonyl (C=O) groups excluding carboxylic acids is 2. The van der Waals surface area contributed by atoms with E-state index in [-0.39, 0.29) is 12.5 Å². The largest absolute Gasteiger partial charge is 0.485 e. The van der Waals surface area contributed by atoms with Crippen LogP contribution in [-0.4, -0.2) is 44.7 Å². The highest BCUT2D eigenvalue weighted by atomic mass is 79.9. The van der Waals surface area contributed by atoms with Crippen LogP contribution in [0.25, 0.3) is 10.1 Å². The van der Waals surface area contributed by atoms with Crippen LogP contribution in [0.1, 0.15) is 38.1 Å². The summed E-state index contributed by atoms with van der Waals surface area (Å²) in [5, 5.41) is 3.94. The first-order valence-electron chi connectivity index (χ1n) is 9.08. The molecule has 0 radical (unpaired) electrons. The number of thiophene rings is 1. The molecule has 0 atom stereocenters. The zero-order valence-electron chi connectivity index (χ0n) is 16.1. The van der Waals surface area contributed by atoms with Crippen molar-refractivity contribution in [3.05, 3.63) is 22.2 Å². The van der Waals surface area contributed by atoms with Crippen LogP contribution in [0.5, 0.6) is 5.75 Å². The molecule has 2 aromatic rings. The molecule has 0 saturated heterocycles. The number of likely N-dealkylation sites (N-methyl/N-ethyl adjacent to an activating group) is 1. The lowest BCUT2D eigenvalue weighted by molar-refractivity contribution is -0.896. The Kier molecular flexibility index (Phi) is 8.07. The molecule has 0 unspecified atom stereocenters. The summed E-state index contributed by atoms with van der Waals surface area (Å²) >= 11 is 4.87. The number of carbonyl (C=O) groups is 2. The molecule has 0 aliphatic heterocycles. The number of hydrogen-bond acceptors (Lipinski definition) is 5. The van der Waals surface area contributed by atoms with E-state index in [0.29, 0.717) is 22.9 Å². The summed E-state index contributed by atoms with van der Waals surface area (Å²) < 4.78 is 12.9. The second-order valence-electron chi connectivity index (χ2n) is 6.02. The molecule has 0 fully saturated rings. The van der Waals surface area contributed by atoms with Crippen molar-refractivity contribution in [3.63, 3.8) is 0 Å². The smallest absolute Gasteiger partial charge is 0.341 e. The molecule has 0 aliphatic carbocycles. The van der Waals surface area contributed by atoms with Crippen LogP contribution in [0, 0.1) is 0 Å². The molecule has 0 saturated carbocycles. The molecule has 8 heteroatoms. The van der Waals surface area contributed by atoms with Gasteiger partial charge in [-0.3, -0.25) is 4.79 Å². The second-order valence-corrected chi connectivity index (χ2v) is 7.89. The van der Waals surface area contributed by atoms with E-state index < -0.39 is 5.97 Å². The van der Waals surface area contributed by atoms with E-state index in [9.17, 15) is 9.59 Å². The van der Waals surface area contributed by atoms with E-state index in [1.54, 1.807) is 6.92 Å². The lowest BCUT2D eigenvalue weighted by Crippen LogP contribution is -3.12. The first-order valence-corrected chi connectivity index (χ1v) is 10.7. The van der Waals surface area contributed by atoms with E-state index in [1.165, 1.54) is 23.2 Å². The molecule has 0 bridgehead atoms. The van der Waals surface area contributed by atoms with Crippen LogP contribution in [0.2, 0.25) is 0 Å². The normalized spacial score (nSPS) is 11.0. The Labute approximate surface area is 171 Å². The fourth-order valence-corrected chi connectivity index (χ4v) is 4.61. The van der Waals surface area contributed by atoms with Gasteiger partial charge in [-0.15, -0.1) is 11.3 Å². The molecule has 1 heterocycles. The summed E-state index contributed by atoms with van der Waals surface area (Å²) in [5.74, 6) is -0.00154. The summed E-state index contributed by atoms with van der Waals surface area (Å²) in [6, 6.07) is 3.70. The molecule has 1 aromatic carbocycles. The van der Waals surface area contributed by atoms with Crippen molar-refractivity contribution in [2.24, 2.45) is 0 Å². The molecule has 0 aliphatic rings. The van der Waals surface area contributed by atoms with Crippen molar-refractivity contribution in [3.8, 4) is 5.75 Å². The van der Waals surface area contributed by atoms with Crippen molar-refractivity contribution in [1.29, 1.82) is 0 Å². The zero-order chi connectivity index (χ0) is 20.0. The number of hydrogen-bond donors (Lipinski definition) is 2. The number of rotatable bonds is 9. The predicted molar refractivity (Wildman–Crippen MR) is 112 cm³/mol. The van der Waals surface area contributed by atoms with Gasteiger partial charge in [0.2, 0.25) is 5.91 Å². The van der Waals surface area contributed by atoms with E-state index in [2.05, 4.69) is 35.1 Å². The van der Waals surface area contributed by atoms with Gasteiger partial charge in [0.05, 0.1) is 28.9 Å². The van der Waals surface area contributed by atoms with E-state index >= 15 is 0 Å². The van der Waals surface area contributed by atoms with Gasteiger partial charge in [-0.2, -0.15) is 0 Å². The molecule has 27 heavy (non-hydrogen) atoms. The van der Waals surface area contributed by atoms with Crippen molar-refractivity contribution in [1.82, 2.24) is 0 Å². The van der Waals surface area contributed by atoms with Crippen molar-refractivity contribution < 1.29 is 24.0 Å². The Bertz CT molecular complexity index is 818. The van der Waals surface area contributed by atoms with Gasteiger partial charge in [-0.05, 0) is 42.8 Å². The van der Waals surface area contributed by atoms with Gasteiger partial charge < -0.3 is 19.7 Å². The van der Waals surface area contributed by atoms with E-state index in [4.69, 9.17) is 9.47 Å². The van der Waals surface area contributed by atoms with Crippen LogP contribution in [0.15, 0.2) is 16.6 Å². The summed E-state index contributed by atoms with van der Waals surface area (Å²) in [6.45, 7) is 11.3. The van der Waals surface area contributed by atoms with Gasteiger partial charge in [-0.1, -0.05) is 6.07 Å². The van der Waals surface area contributed by atoms with Crippen molar-refractivity contribution in [2.45, 2.75) is 27.7 Å².